The molecule has 1 aliphatic rings. The van der Waals surface area contributed by atoms with Crippen LogP contribution in [0.5, 0.6) is 0 Å². The number of aryl methyl sites for hydroxylation is 3. The summed E-state index contributed by atoms with van der Waals surface area (Å²) in [4.78, 5) is 4.89. The lowest BCUT2D eigenvalue weighted by molar-refractivity contribution is 0.899. The average Bonchev–Trinajstić information content (AvgIpc) is 2.79. The number of rotatable bonds is 1. The molecule has 1 aromatic carbocycles. The van der Waals surface area contributed by atoms with Crippen molar-refractivity contribution in [1.82, 2.24) is 4.98 Å². The van der Waals surface area contributed by atoms with Crippen LogP contribution in [0, 0.1) is 13.8 Å². The van der Waals surface area contributed by atoms with E-state index in [1.165, 1.54) is 51.7 Å². The predicted octanol–water partition coefficient (Wildman–Crippen LogP) is 3.77. The zero-order valence-electron chi connectivity index (χ0n) is 10.4. The van der Waals surface area contributed by atoms with Crippen LogP contribution < -0.4 is 0 Å². The maximum atomic E-state index is 4.89. The topological polar surface area (TPSA) is 12.9 Å². The van der Waals surface area contributed by atoms with Crippen LogP contribution in [0.3, 0.4) is 0 Å². The zero-order valence-corrected chi connectivity index (χ0v) is 11.3. The van der Waals surface area contributed by atoms with E-state index < -0.39 is 0 Å². The number of thiol groups is 1. The quantitative estimate of drug-likeness (QED) is 0.752. The van der Waals surface area contributed by atoms with E-state index in [0.717, 1.165) is 12.2 Å². The van der Waals surface area contributed by atoms with E-state index in [1.807, 2.05) is 0 Å². The van der Waals surface area contributed by atoms with Gasteiger partial charge < -0.3 is 0 Å². The molecule has 0 amide bonds. The van der Waals surface area contributed by atoms with Crippen molar-refractivity contribution in [3.8, 4) is 0 Å². The Morgan fingerprint density at radius 1 is 1.24 bits per heavy atom. The Morgan fingerprint density at radius 2 is 2.06 bits per heavy atom. The second-order valence-corrected chi connectivity index (χ2v) is 5.25. The molecular formula is C15H17NS. The van der Waals surface area contributed by atoms with Crippen molar-refractivity contribution in [3.63, 3.8) is 0 Å². The molecule has 1 heterocycles. The van der Waals surface area contributed by atoms with Gasteiger partial charge in [0.1, 0.15) is 0 Å². The molecule has 0 bridgehead atoms. The smallest absolute Gasteiger partial charge is 0.0740 e. The molecule has 3 rings (SSSR count). The van der Waals surface area contributed by atoms with E-state index in [4.69, 9.17) is 4.98 Å². The van der Waals surface area contributed by atoms with Crippen molar-refractivity contribution in [3.05, 3.63) is 40.1 Å². The van der Waals surface area contributed by atoms with Gasteiger partial charge in [0.15, 0.2) is 0 Å². The minimum absolute atomic E-state index is 0.823. The summed E-state index contributed by atoms with van der Waals surface area (Å²) in [7, 11) is 0. The third-order valence-electron chi connectivity index (χ3n) is 3.98. The van der Waals surface area contributed by atoms with E-state index in [1.54, 1.807) is 0 Å². The van der Waals surface area contributed by atoms with Gasteiger partial charge in [0.05, 0.1) is 5.52 Å². The fourth-order valence-electron chi connectivity index (χ4n) is 2.84. The largest absolute Gasteiger partial charge is 0.252 e. The number of nitrogens with zero attached hydrogens (tertiary/aromatic N) is 1. The van der Waals surface area contributed by atoms with Crippen LogP contribution in [0.25, 0.3) is 10.9 Å². The first kappa shape index (κ1) is 11.1. The van der Waals surface area contributed by atoms with E-state index in [-0.39, 0.29) is 0 Å². The second kappa shape index (κ2) is 4.02. The number of fused-ring (bicyclic) bond motifs is 2. The molecule has 0 aliphatic heterocycles. The molecule has 0 saturated carbocycles. The van der Waals surface area contributed by atoms with Crippen LogP contribution >= 0.6 is 12.6 Å². The fourth-order valence-corrected chi connectivity index (χ4v) is 3.20. The molecule has 0 saturated heterocycles. The average molecular weight is 243 g/mol. The molecular weight excluding hydrogens is 226 g/mol. The van der Waals surface area contributed by atoms with Crippen molar-refractivity contribution < 1.29 is 0 Å². The Balaban J connectivity index is 2.44. The van der Waals surface area contributed by atoms with Gasteiger partial charge in [0.2, 0.25) is 0 Å². The number of hydrogen-bond acceptors (Lipinski definition) is 2. The lowest BCUT2D eigenvalue weighted by atomic mass is 9.98. The molecule has 0 spiro atoms. The van der Waals surface area contributed by atoms with Crippen LogP contribution in [0.2, 0.25) is 0 Å². The van der Waals surface area contributed by atoms with Crippen molar-refractivity contribution in [2.24, 2.45) is 0 Å². The van der Waals surface area contributed by atoms with Crippen LogP contribution in [0.1, 0.15) is 34.4 Å². The zero-order chi connectivity index (χ0) is 12.0. The Morgan fingerprint density at radius 3 is 2.82 bits per heavy atom. The first-order valence-electron chi connectivity index (χ1n) is 6.23. The maximum absolute atomic E-state index is 4.89. The summed E-state index contributed by atoms with van der Waals surface area (Å²) < 4.78 is 0. The summed E-state index contributed by atoms with van der Waals surface area (Å²) in [6.45, 7) is 4.33. The summed E-state index contributed by atoms with van der Waals surface area (Å²) in [5.41, 5.74) is 8.03. The van der Waals surface area contributed by atoms with E-state index in [0.29, 0.717) is 0 Å². The van der Waals surface area contributed by atoms with Gasteiger partial charge in [-0.15, -0.1) is 0 Å². The minimum atomic E-state index is 0.823. The summed E-state index contributed by atoms with van der Waals surface area (Å²) in [5, 5.41) is 1.31. The fraction of sp³-hybridized carbons (Fsp3) is 0.400. The van der Waals surface area contributed by atoms with Gasteiger partial charge in [0.25, 0.3) is 0 Å². The molecule has 0 unspecified atom stereocenters. The Hall–Kier alpha value is -1.02. The molecule has 1 aromatic heterocycles. The summed E-state index contributed by atoms with van der Waals surface area (Å²) >= 11 is 4.52. The molecule has 1 nitrogen and oxygen atoms in total. The minimum Gasteiger partial charge on any atom is -0.252 e. The third kappa shape index (κ3) is 1.58. The molecule has 0 atom stereocenters. The van der Waals surface area contributed by atoms with Crippen LogP contribution in [0.4, 0.5) is 0 Å². The highest BCUT2D eigenvalue weighted by Gasteiger charge is 2.19. The molecule has 17 heavy (non-hydrogen) atoms. The van der Waals surface area contributed by atoms with Gasteiger partial charge in [-0.2, -0.15) is 12.6 Å². The van der Waals surface area contributed by atoms with Gasteiger partial charge in [-0.3, -0.25) is 4.98 Å². The SMILES string of the molecule is Cc1ccc2c(CS)c3c(nc2c1C)CCC3. The number of aromatic nitrogens is 1. The summed E-state index contributed by atoms with van der Waals surface area (Å²) in [6.07, 6.45) is 3.57. The molecule has 2 aromatic rings. The number of pyridine rings is 1. The standard InChI is InChI=1S/C15H17NS/c1-9-6-7-12-13(8-17)11-4-3-5-14(11)16-15(12)10(9)2/h6-7,17H,3-5,8H2,1-2H3. The van der Waals surface area contributed by atoms with Crippen molar-refractivity contribution in [2.45, 2.75) is 38.9 Å². The Kier molecular flexibility index (Phi) is 2.62. The van der Waals surface area contributed by atoms with Gasteiger partial charge in [-0.05, 0) is 55.4 Å². The van der Waals surface area contributed by atoms with Crippen molar-refractivity contribution in [1.29, 1.82) is 0 Å². The normalized spacial score (nSPS) is 14.3. The number of benzene rings is 1. The van der Waals surface area contributed by atoms with Gasteiger partial charge >= 0.3 is 0 Å². The van der Waals surface area contributed by atoms with E-state index >= 15 is 0 Å². The Bertz CT molecular complexity index is 602. The first-order chi connectivity index (χ1) is 8.22. The monoisotopic (exact) mass is 243 g/mol. The maximum Gasteiger partial charge on any atom is 0.0740 e. The molecule has 2 heteroatoms. The summed E-state index contributed by atoms with van der Waals surface area (Å²) in [5.74, 6) is 0.823. The highest BCUT2D eigenvalue weighted by molar-refractivity contribution is 7.79. The first-order valence-corrected chi connectivity index (χ1v) is 6.87. The Labute approximate surface area is 108 Å². The molecule has 0 N–H and O–H groups in total. The van der Waals surface area contributed by atoms with Gasteiger partial charge in [-0.25, -0.2) is 0 Å². The molecule has 0 fully saturated rings. The molecule has 88 valence electrons. The van der Waals surface area contributed by atoms with Crippen molar-refractivity contribution in [2.75, 3.05) is 0 Å². The van der Waals surface area contributed by atoms with Crippen LogP contribution in [-0.2, 0) is 18.6 Å². The lowest BCUT2D eigenvalue weighted by Gasteiger charge is -2.13. The lowest BCUT2D eigenvalue weighted by Crippen LogP contribution is -1.99. The summed E-state index contributed by atoms with van der Waals surface area (Å²) in [6, 6.07) is 4.42. The molecule has 1 aliphatic carbocycles. The highest BCUT2D eigenvalue weighted by atomic mass is 32.1. The van der Waals surface area contributed by atoms with Crippen molar-refractivity contribution >= 4 is 23.5 Å². The van der Waals surface area contributed by atoms with Crippen LogP contribution in [0.15, 0.2) is 12.1 Å². The van der Waals surface area contributed by atoms with E-state index in [2.05, 4.69) is 38.6 Å². The van der Waals surface area contributed by atoms with E-state index in [9.17, 15) is 0 Å². The van der Waals surface area contributed by atoms with Gasteiger partial charge in [0, 0.05) is 16.8 Å². The van der Waals surface area contributed by atoms with Gasteiger partial charge in [-0.1, -0.05) is 12.1 Å². The third-order valence-corrected chi connectivity index (χ3v) is 4.30. The molecule has 0 radical (unpaired) electrons. The highest BCUT2D eigenvalue weighted by Crippen LogP contribution is 2.32. The second-order valence-electron chi connectivity index (χ2n) is 4.93. The predicted molar refractivity (Wildman–Crippen MR) is 75.9 cm³/mol. The number of hydrogen-bond donors (Lipinski definition) is 1. The van der Waals surface area contributed by atoms with Crippen LogP contribution in [-0.4, -0.2) is 4.98 Å².